The number of fused-ring (bicyclic) bond motifs is 3. The highest BCUT2D eigenvalue weighted by Crippen LogP contribution is 2.47. The molecule has 0 unspecified atom stereocenters. The third kappa shape index (κ3) is 3.58. The molecular weight excluding hydrogens is 480 g/mol. The Hall–Kier alpha value is -5.11. The number of imide groups is 1. The Kier molecular flexibility index (Phi) is 5.64. The summed E-state index contributed by atoms with van der Waals surface area (Å²) in [5.41, 5.74) is 0.0117. The number of ether oxygens (including phenoxy) is 1. The highest BCUT2D eigenvalue weighted by atomic mass is 16.6. The van der Waals surface area contributed by atoms with Crippen LogP contribution in [0.1, 0.15) is 20.7 Å². The average Bonchev–Trinajstić information content (AvgIpc) is 3.39. The Labute approximate surface area is 210 Å². The molecule has 2 aromatic rings. The van der Waals surface area contributed by atoms with Gasteiger partial charge in [0.2, 0.25) is 11.8 Å². The first-order chi connectivity index (χ1) is 17.8. The van der Waals surface area contributed by atoms with E-state index in [1.165, 1.54) is 55.8 Å². The van der Waals surface area contributed by atoms with Crippen molar-refractivity contribution in [3.63, 3.8) is 0 Å². The Morgan fingerprint density at radius 3 is 2.51 bits per heavy atom. The number of para-hydroxylation sites is 1. The van der Waals surface area contributed by atoms with Crippen molar-refractivity contribution in [2.24, 2.45) is 11.8 Å². The molecule has 11 nitrogen and oxygen atoms in total. The van der Waals surface area contributed by atoms with E-state index in [1.54, 1.807) is 17.0 Å². The number of amides is 2. The van der Waals surface area contributed by atoms with Crippen molar-refractivity contribution in [1.29, 1.82) is 5.26 Å². The van der Waals surface area contributed by atoms with E-state index in [0.29, 0.717) is 0 Å². The van der Waals surface area contributed by atoms with E-state index in [9.17, 15) is 34.6 Å². The van der Waals surface area contributed by atoms with Gasteiger partial charge in [-0.05, 0) is 24.3 Å². The van der Waals surface area contributed by atoms with E-state index in [2.05, 4.69) is 0 Å². The molecule has 184 valence electrons. The summed E-state index contributed by atoms with van der Waals surface area (Å²) in [6.45, 7) is 0. The minimum Gasteiger partial charge on any atom is -0.465 e. The summed E-state index contributed by atoms with van der Waals surface area (Å²) in [7, 11) is 1.18. The first-order valence-corrected chi connectivity index (χ1v) is 11.2. The van der Waals surface area contributed by atoms with Crippen molar-refractivity contribution >= 4 is 34.9 Å². The third-order valence-corrected chi connectivity index (χ3v) is 6.84. The van der Waals surface area contributed by atoms with Crippen LogP contribution in [0.5, 0.6) is 0 Å². The summed E-state index contributed by atoms with van der Waals surface area (Å²) in [6, 6.07) is 11.2. The van der Waals surface area contributed by atoms with Gasteiger partial charge >= 0.3 is 5.97 Å². The molecule has 0 bridgehead atoms. The Morgan fingerprint density at radius 2 is 1.81 bits per heavy atom. The number of esters is 1. The van der Waals surface area contributed by atoms with E-state index in [1.807, 2.05) is 6.07 Å². The maximum Gasteiger partial charge on any atom is 0.339 e. The number of allylic oxidation sites excluding steroid dienone is 2. The number of non-ortho nitro benzene ring substituents is 1. The lowest BCUT2D eigenvalue weighted by Gasteiger charge is -2.32. The van der Waals surface area contributed by atoms with Gasteiger partial charge < -0.3 is 9.64 Å². The van der Waals surface area contributed by atoms with E-state index >= 15 is 0 Å². The van der Waals surface area contributed by atoms with Crippen LogP contribution in [0.2, 0.25) is 0 Å². The molecule has 0 N–H and O–H groups in total. The van der Waals surface area contributed by atoms with Crippen LogP contribution >= 0.6 is 0 Å². The van der Waals surface area contributed by atoms with Crippen molar-refractivity contribution in [3.05, 3.63) is 93.7 Å². The number of benzene rings is 2. The summed E-state index contributed by atoms with van der Waals surface area (Å²) < 4.78 is 4.80. The van der Waals surface area contributed by atoms with Gasteiger partial charge in [-0.2, -0.15) is 5.26 Å². The van der Waals surface area contributed by atoms with Crippen molar-refractivity contribution in [3.8, 4) is 6.07 Å². The molecule has 2 aromatic carbocycles. The number of Topliss-reactive ketones (excluding diaryl/α,β-unsaturated/α-hetero) is 1. The highest BCUT2D eigenvalue weighted by Gasteiger charge is 2.63. The van der Waals surface area contributed by atoms with Gasteiger partial charge in [-0.25, -0.2) is 9.69 Å². The molecule has 0 radical (unpaired) electrons. The first-order valence-electron chi connectivity index (χ1n) is 11.2. The number of anilines is 1. The van der Waals surface area contributed by atoms with Crippen LogP contribution in [0.4, 0.5) is 11.4 Å². The molecule has 3 heterocycles. The van der Waals surface area contributed by atoms with Gasteiger partial charge in [0.25, 0.3) is 5.69 Å². The molecule has 4 atom stereocenters. The molecule has 2 fully saturated rings. The monoisotopic (exact) mass is 498 g/mol. The predicted molar refractivity (Wildman–Crippen MR) is 127 cm³/mol. The fourth-order valence-corrected chi connectivity index (χ4v) is 5.25. The second-order valence-corrected chi connectivity index (χ2v) is 8.68. The molecule has 3 aliphatic rings. The molecule has 2 saturated heterocycles. The lowest BCUT2D eigenvalue weighted by atomic mass is 9.86. The number of nitrogens with zero attached hydrogens (tertiary/aromatic N) is 4. The van der Waals surface area contributed by atoms with Crippen molar-refractivity contribution < 1.29 is 28.8 Å². The van der Waals surface area contributed by atoms with E-state index < -0.39 is 52.4 Å². The molecular formula is C26H18N4O7. The molecule has 0 aromatic heterocycles. The van der Waals surface area contributed by atoms with Crippen LogP contribution in [0.3, 0.4) is 0 Å². The number of nitro benzene ring substituents is 1. The van der Waals surface area contributed by atoms with Crippen LogP contribution in [-0.2, 0) is 14.3 Å². The van der Waals surface area contributed by atoms with E-state index in [0.717, 1.165) is 11.0 Å². The van der Waals surface area contributed by atoms with Crippen LogP contribution < -0.4 is 4.90 Å². The number of carbonyl (C=O) groups is 4. The molecule has 3 aliphatic heterocycles. The minimum atomic E-state index is -1.17. The molecule has 0 aliphatic carbocycles. The largest absolute Gasteiger partial charge is 0.465 e. The standard InChI is InChI=1S/C26H18N4O7/c1-37-26(34)17-7-2-3-8-18(17)29-24(32)20-19-11-14(13-27)9-10-28(19)22(21(20)25(29)33)23(31)15-5-4-6-16(12-15)30(35)36/h2-12,19-22H,1H3/t19-,20+,21+,22-/m1/s1. The minimum absolute atomic E-state index is 0.00175. The number of hydrogen-bond acceptors (Lipinski definition) is 9. The molecule has 11 heteroatoms. The zero-order chi connectivity index (χ0) is 26.4. The summed E-state index contributed by atoms with van der Waals surface area (Å²) in [6.07, 6.45) is 4.50. The van der Waals surface area contributed by atoms with Gasteiger partial charge in [0.15, 0.2) is 5.78 Å². The number of nitriles is 1. The first kappa shape index (κ1) is 23.6. The van der Waals surface area contributed by atoms with Gasteiger partial charge in [0.1, 0.15) is 6.04 Å². The zero-order valence-electron chi connectivity index (χ0n) is 19.3. The Balaban J connectivity index is 1.63. The summed E-state index contributed by atoms with van der Waals surface area (Å²) in [5.74, 6) is -4.83. The van der Waals surface area contributed by atoms with Gasteiger partial charge in [-0.15, -0.1) is 0 Å². The number of methoxy groups -OCH3 is 1. The number of hydrogen-bond donors (Lipinski definition) is 0. The average molecular weight is 498 g/mol. The van der Waals surface area contributed by atoms with Crippen LogP contribution in [-0.4, -0.2) is 52.6 Å². The zero-order valence-corrected chi connectivity index (χ0v) is 19.3. The van der Waals surface area contributed by atoms with Gasteiger partial charge in [-0.1, -0.05) is 24.3 Å². The number of nitro groups is 1. The maximum absolute atomic E-state index is 13.8. The van der Waals surface area contributed by atoms with Gasteiger partial charge in [0.05, 0.1) is 52.8 Å². The maximum atomic E-state index is 13.8. The fourth-order valence-electron chi connectivity index (χ4n) is 5.25. The summed E-state index contributed by atoms with van der Waals surface area (Å²) in [5, 5.41) is 20.7. The normalized spacial score (nSPS) is 23.7. The molecule has 0 spiro atoms. The second kappa shape index (κ2) is 8.83. The smallest absolute Gasteiger partial charge is 0.339 e. The highest BCUT2D eigenvalue weighted by molar-refractivity contribution is 6.26. The molecule has 5 rings (SSSR count). The molecule has 2 amide bonds. The third-order valence-electron chi connectivity index (χ3n) is 6.84. The Bertz CT molecular complexity index is 1490. The number of carbonyl (C=O) groups excluding carboxylic acids is 4. The van der Waals surface area contributed by atoms with Crippen molar-refractivity contribution in [1.82, 2.24) is 4.90 Å². The van der Waals surface area contributed by atoms with Gasteiger partial charge in [0, 0.05) is 23.9 Å². The number of ketones is 1. The van der Waals surface area contributed by atoms with E-state index in [4.69, 9.17) is 4.74 Å². The summed E-state index contributed by atoms with van der Waals surface area (Å²) >= 11 is 0. The van der Waals surface area contributed by atoms with Crippen molar-refractivity contribution in [2.75, 3.05) is 12.0 Å². The van der Waals surface area contributed by atoms with Crippen LogP contribution in [0.25, 0.3) is 0 Å². The van der Waals surface area contributed by atoms with Crippen LogP contribution in [0, 0.1) is 33.3 Å². The summed E-state index contributed by atoms with van der Waals surface area (Å²) in [4.78, 5) is 66.8. The fraction of sp³-hybridized carbons (Fsp3) is 0.192. The topological polar surface area (TPSA) is 151 Å². The van der Waals surface area contributed by atoms with Crippen molar-refractivity contribution in [2.45, 2.75) is 12.1 Å². The lowest BCUT2D eigenvalue weighted by molar-refractivity contribution is -0.384. The van der Waals surface area contributed by atoms with Crippen LogP contribution in [0.15, 0.2) is 72.5 Å². The number of rotatable bonds is 5. The second-order valence-electron chi connectivity index (χ2n) is 8.68. The quantitative estimate of drug-likeness (QED) is 0.199. The SMILES string of the molecule is COC(=O)c1ccccc1N1C(=O)[C@@H]2[C@H](C1=O)[C@H](C(=O)c1cccc([N+](=O)[O-])c1)N1C=CC(C#N)=C[C@H]21. The molecule has 37 heavy (non-hydrogen) atoms. The van der Waals surface area contributed by atoms with Gasteiger partial charge in [-0.3, -0.25) is 24.5 Å². The molecule has 0 saturated carbocycles. The predicted octanol–water partition coefficient (Wildman–Crippen LogP) is 2.40. The lowest BCUT2D eigenvalue weighted by Crippen LogP contribution is -2.46. The Morgan fingerprint density at radius 1 is 1.08 bits per heavy atom. The van der Waals surface area contributed by atoms with E-state index in [-0.39, 0.29) is 28.1 Å².